The molecule has 0 aromatic rings. The summed E-state index contributed by atoms with van der Waals surface area (Å²) in [5.41, 5.74) is 2.95. The Kier molecular flexibility index (Phi) is 4.13. The summed E-state index contributed by atoms with van der Waals surface area (Å²) in [4.78, 5) is 0. The van der Waals surface area contributed by atoms with Crippen molar-refractivity contribution in [2.75, 3.05) is 19.6 Å². The van der Waals surface area contributed by atoms with Crippen molar-refractivity contribution in [1.29, 1.82) is 0 Å². The van der Waals surface area contributed by atoms with Gasteiger partial charge in [-0.1, -0.05) is 23.3 Å². The maximum Gasteiger partial charge on any atom is 0.0137 e. The minimum absolute atomic E-state index is 0.894. The van der Waals surface area contributed by atoms with E-state index in [9.17, 15) is 0 Å². The highest BCUT2D eigenvalue weighted by Gasteiger charge is 2.80. The van der Waals surface area contributed by atoms with Crippen LogP contribution in [-0.2, 0) is 0 Å². The Hall–Kier alpha value is -0.600. The van der Waals surface area contributed by atoms with Gasteiger partial charge in [-0.2, -0.15) is 0 Å². The Morgan fingerprint density at radius 1 is 0.840 bits per heavy atom. The highest BCUT2D eigenvalue weighted by molar-refractivity contribution is 5.29. The van der Waals surface area contributed by atoms with Crippen molar-refractivity contribution in [2.24, 2.45) is 47.3 Å². The molecule has 0 radical (unpaired) electrons. The van der Waals surface area contributed by atoms with Crippen molar-refractivity contribution in [3.63, 3.8) is 0 Å². The maximum absolute atomic E-state index is 4.00. The van der Waals surface area contributed by atoms with Crippen LogP contribution in [0.15, 0.2) is 23.3 Å². The van der Waals surface area contributed by atoms with E-state index < -0.39 is 0 Å². The van der Waals surface area contributed by atoms with Gasteiger partial charge in [-0.05, 0) is 93.8 Å². The van der Waals surface area contributed by atoms with Crippen LogP contribution in [0.25, 0.3) is 0 Å². The molecule has 0 saturated heterocycles. The second-order valence-electron chi connectivity index (χ2n) is 9.99. The summed E-state index contributed by atoms with van der Waals surface area (Å²) in [7, 11) is 0. The molecule has 2 nitrogen and oxygen atoms in total. The van der Waals surface area contributed by atoms with Gasteiger partial charge in [0, 0.05) is 25.7 Å². The van der Waals surface area contributed by atoms with Crippen LogP contribution in [0.2, 0.25) is 0 Å². The van der Waals surface area contributed by atoms with Crippen molar-refractivity contribution in [3.05, 3.63) is 23.3 Å². The van der Waals surface area contributed by atoms with E-state index in [1.807, 2.05) is 0 Å². The minimum Gasteiger partial charge on any atom is -0.312 e. The molecule has 0 heterocycles. The van der Waals surface area contributed by atoms with E-state index in [0.29, 0.717) is 0 Å². The van der Waals surface area contributed by atoms with Gasteiger partial charge in [0.15, 0.2) is 0 Å². The molecule has 0 spiro atoms. The molecule has 25 heavy (non-hydrogen) atoms. The van der Waals surface area contributed by atoms with Crippen LogP contribution >= 0.6 is 0 Å². The number of rotatable bonds is 9. The normalized spacial score (nSPS) is 47.6. The van der Waals surface area contributed by atoms with Crippen molar-refractivity contribution in [1.82, 2.24) is 10.6 Å². The number of allylic oxidation sites excluding steroid dienone is 3. The highest BCUT2D eigenvalue weighted by Crippen LogP contribution is 2.82. The Bertz CT molecular complexity index is 581. The SMILES string of the molecule is CC(C)=CCC/C(C)=C/CNCCNC1C2C3CC4C5C3CC2C5C41. The number of hydrogen-bond acceptors (Lipinski definition) is 2. The zero-order valence-electron chi connectivity index (χ0n) is 16.3. The lowest BCUT2D eigenvalue weighted by atomic mass is 9.59. The Labute approximate surface area is 153 Å². The Balaban J connectivity index is 1.02. The molecule has 0 aromatic heterocycles. The van der Waals surface area contributed by atoms with Crippen LogP contribution in [-0.4, -0.2) is 25.7 Å². The molecule has 138 valence electrons. The molecule has 5 fully saturated rings. The molecule has 9 atom stereocenters. The van der Waals surface area contributed by atoms with Gasteiger partial charge in [0.1, 0.15) is 0 Å². The van der Waals surface area contributed by atoms with Gasteiger partial charge >= 0.3 is 0 Å². The molecule has 2 heteroatoms. The van der Waals surface area contributed by atoms with Gasteiger partial charge < -0.3 is 10.6 Å². The summed E-state index contributed by atoms with van der Waals surface area (Å²) >= 11 is 0. The fraction of sp³-hybridized carbons (Fsp3) is 0.826. The molecule has 5 rings (SSSR count). The van der Waals surface area contributed by atoms with Crippen LogP contribution in [0.3, 0.4) is 0 Å². The molecular weight excluding hydrogens is 304 g/mol. The number of fused-ring (bicyclic) bond motifs is 2. The third-order valence-corrected chi connectivity index (χ3v) is 8.69. The molecule has 5 aliphatic carbocycles. The lowest BCUT2D eigenvalue weighted by Crippen LogP contribution is -2.52. The van der Waals surface area contributed by atoms with Crippen molar-refractivity contribution < 1.29 is 0 Å². The van der Waals surface area contributed by atoms with Crippen LogP contribution in [0, 0.1) is 47.3 Å². The lowest BCUT2D eigenvalue weighted by Gasteiger charge is -2.48. The smallest absolute Gasteiger partial charge is 0.0137 e. The predicted octanol–water partition coefficient (Wildman–Crippen LogP) is 4.00. The molecule has 5 saturated carbocycles. The molecule has 9 unspecified atom stereocenters. The van der Waals surface area contributed by atoms with Gasteiger partial charge in [-0.3, -0.25) is 0 Å². The summed E-state index contributed by atoms with van der Waals surface area (Å²) in [6.45, 7) is 9.94. The van der Waals surface area contributed by atoms with E-state index in [2.05, 4.69) is 43.6 Å². The molecule has 5 aliphatic rings. The standard InChI is InChI=1S/C23H36N2/c1-13(2)5-4-6-14(3)7-8-24-9-10-25-23-20-16-12-17-19-15(16)11-18(20)21(19)22(17)23/h5,7,15-25H,4,6,8-12H2,1-3H3/b14-7+. The average Bonchev–Trinajstić information content (AvgIpc) is 3.10. The Morgan fingerprint density at radius 3 is 2.40 bits per heavy atom. The fourth-order valence-electron chi connectivity index (χ4n) is 8.11. The summed E-state index contributed by atoms with van der Waals surface area (Å²) < 4.78 is 0. The average molecular weight is 341 g/mol. The number of nitrogens with one attached hydrogen (secondary N) is 2. The first-order valence-electron chi connectivity index (χ1n) is 10.9. The van der Waals surface area contributed by atoms with Crippen LogP contribution in [0.4, 0.5) is 0 Å². The van der Waals surface area contributed by atoms with Gasteiger partial charge in [-0.15, -0.1) is 0 Å². The third-order valence-electron chi connectivity index (χ3n) is 8.69. The first kappa shape index (κ1) is 16.6. The van der Waals surface area contributed by atoms with Crippen molar-refractivity contribution >= 4 is 0 Å². The minimum atomic E-state index is 0.894. The highest BCUT2D eigenvalue weighted by atomic mass is 15.0. The summed E-state index contributed by atoms with van der Waals surface area (Å²) in [5, 5.41) is 7.62. The first-order valence-corrected chi connectivity index (χ1v) is 10.9. The van der Waals surface area contributed by atoms with Crippen molar-refractivity contribution in [3.8, 4) is 0 Å². The quantitative estimate of drug-likeness (QED) is 0.490. The van der Waals surface area contributed by atoms with Crippen LogP contribution in [0.5, 0.6) is 0 Å². The van der Waals surface area contributed by atoms with Gasteiger partial charge in [0.25, 0.3) is 0 Å². The van der Waals surface area contributed by atoms with E-state index in [4.69, 9.17) is 0 Å². The summed E-state index contributed by atoms with van der Waals surface area (Å²) in [6.07, 6.45) is 10.3. The van der Waals surface area contributed by atoms with E-state index >= 15 is 0 Å². The molecule has 0 aliphatic heterocycles. The van der Waals surface area contributed by atoms with E-state index in [1.165, 1.54) is 35.8 Å². The van der Waals surface area contributed by atoms with Crippen LogP contribution < -0.4 is 10.6 Å². The number of hydrogen-bond donors (Lipinski definition) is 2. The van der Waals surface area contributed by atoms with Gasteiger partial charge in [0.05, 0.1) is 0 Å². The zero-order valence-corrected chi connectivity index (χ0v) is 16.3. The van der Waals surface area contributed by atoms with E-state index in [0.717, 1.165) is 61.2 Å². The predicted molar refractivity (Wildman–Crippen MR) is 104 cm³/mol. The summed E-state index contributed by atoms with van der Waals surface area (Å²) in [6, 6.07) is 0.894. The second-order valence-corrected chi connectivity index (χ2v) is 9.99. The zero-order chi connectivity index (χ0) is 17.1. The van der Waals surface area contributed by atoms with Gasteiger partial charge in [0.2, 0.25) is 0 Å². The van der Waals surface area contributed by atoms with Gasteiger partial charge in [-0.25, -0.2) is 0 Å². The molecule has 0 amide bonds. The maximum atomic E-state index is 4.00. The Morgan fingerprint density at radius 2 is 1.60 bits per heavy atom. The largest absolute Gasteiger partial charge is 0.312 e. The first-order chi connectivity index (χ1) is 12.2. The second kappa shape index (κ2) is 6.23. The molecule has 2 N–H and O–H groups in total. The lowest BCUT2D eigenvalue weighted by molar-refractivity contribution is 0.00991. The topological polar surface area (TPSA) is 24.1 Å². The monoisotopic (exact) mass is 340 g/mol. The fourth-order valence-corrected chi connectivity index (χ4v) is 8.11. The molecule has 2 bridgehead atoms. The van der Waals surface area contributed by atoms with Crippen molar-refractivity contribution in [2.45, 2.75) is 52.5 Å². The summed E-state index contributed by atoms with van der Waals surface area (Å²) in [5.74, 6) is 9.10. The molecular formula is C23H36N2. The third kappa shape index (κ3) is 2.43. The van der Waals surface area contributed by atoms with E-state index in [-0.39, 0.29) is 0 Å². The van der Waals surface area contributed by atoms with E-state index in [1.54, 1.807) is 12.8 Å². The molecule has 0 aromatic carbocycles. The van der Waals surface area contributed by atoms with Crippen LogP contribution in [0.1, 0.15) is 46.5 Å².